The average molecular weight is 322 g/mol. The van der Waals surface area contributed by atoms with E-state index in [1.165, 1.54) is 0 Å². The van der Waals surface area contributed by atoms with E-state index in [1.807, 2.05) is 6.07 Å². The van der Waals surface area contributed by atoms with Gasteiger partial charge in [-0.3, -0.25) is 0 Å². The van der Waals surface area contributed by atoms with Crippen LogP contribution in [0.3, 0.4) is 0 Å². The zero-order valence-electron chi connectivity index (χ0n) is 9.34. The Balaban J connectivity index is 2.20. The van der Waals surface area contributed by atoms with Gasteiger partial charge in [0.1, 0.15) is 0 Å². The number of alkyl halides is 3. The minimum absolute atomic E-state index is 0.00474. The first kappa shape index (κ1) is 13.2. The molecule has 0 saturated heterocycles. The van der Waals surface area contributed by atoms with Crippen LogP contribution in [-0.4, -0.2) is 15.7 Å². The SMILES string of the molecule is Nc1nc2cc(Br)ccc2n1CCCC(F)(F)F. The Hall–Kier alpha value is -1.24. The fourth-order valence-electron chi connectivity index (χ4n) is 1.79. The zero-order valence-corrected chi connectivity index (χ0v) is 10.9. The average Bonchev–Trinajstić information content (AvgIpc) is 2.52. The summed E-state index contributed by atoms with van der Waals surface area (Å²) in [6.45, 7) is 0.212. The summed E-state index contributed by atoms with van der Waals surface area (Å²) in [4.78, 5) is 4.12. The number of fused-ring (bicyclic) bond motifs is 1. The van der Waals surface area contributed by atoms with Gasteiger partial charge >= 0.3 is 6.18 Å². The predicted octanol–water partition coefficient (Wildman–Crippen LogP) is 3.72. The van der Waals surface area contributed by atoms with Gasteiger partial charge in [0.25, 0.3) is 0 Å². The second-order valence-corrected chi connectivity index (χ2v) is 4.89. The predicted molar refractivity (Wildman–Crippen MR) is 67.1 cm³/mol. The molecule has 0 aliphatic carbocycles. The Kier molecular flexibility index (Phi) is 3.52. The molecule has 7 heteroatoms. The highest BCUT2D eigenvalue weighted by molar-refractivity contribution is 9.10. The lowest BCUT2D eigenvalue weighted by atomic mass is 10.3. The van der Waals surface area contributed by atoms with Gasteiger partial charge in [0.05, 0.1) is 11.0 Å². The van der Waals surface area contributed by atoms with Crippen LogP contribution in [-0.2, 0) is 6.54 Å². The molecule has 98 valence electrons. The van der Waals surface area contributed by atoms with Crippen LogP contribution in [0.4, 0.5) is 19.1 Å². The number of nitrogens with two attached hydrogens (primary N) is 1. The molecule has 0 aliphatic heterocycles. The van der Waals surface area contributed by atoms with E-state index < -0.39 is 12.6 Å². The molecule has 2 rings (SSSR count). The molecule has 0 aliphatic rings. The third kappa shape index (κ3) is 2.95. The Labute approximate surface area is 110 Å². The highest BCUT2D eigenvalue weighted by Crippen LogP contribution is 2.25. The van der Waals surface area contributed by atoms with Gasteiger partial charge in [-0.25, -0.2) is 4.98 Å². The van der Waals surface area contributed by atoms with Crippen LogP contribution < -0.4 is 5.73 Å². The topological polar surface area (TPSA) is 43.8 Å². The van der Waals surface area contributed by atoms with Crippen molar-refractivity contribution in [3.63, 3.8) is 0 Å². The minimum atomic E-state index is -4.13. The number of rotatable bonds is 3. The molecule has 0 saturated carbocycles. The van der Waals surface area contributed by atoms with Gasteiger partial charge in [-0.1, -0.05) is 15.9 Å². The summed E-state index contributed by atoms with van der Waals surface area (Å²) in [7, 11) is 0. The molecular formula is C11H11BrF3N3. The number of nitrogen functional groups attached to an aromatic ring is 1. The van der Waals surface area contributed by atoms with E-state index in [-0.39, 0.29) is 18.9 Å². The van der Waals surface area contributed by atoms with Gasteiger partial charge < -0.3 is 10.3 Å². The van der Waals surface area contributed by atoms with Crippen LogP contribution in [0, 0.1) is 0 Å². The first-order chi connectivity index (χ1) is 8.37. The lowest BCUT2D eigenvalue weighted by Crippen LogP contribution is -2.10. The maximum atomic E-state index is 12.1. The summed E-state index contributed by atoms with van der Waals surface area (Å²) >= 11 is 3.31. The van der Waals surface area contributed by atoms with E-state index in [1.54, 1.807) is 16.7 Å². The lowest BCUT2D eigenvalue weighted by Gasteiger charge is -2.08. The number of halogens is 4. The van der Waals surface area contributed by atoms with E-state index in [2.05, 4.69) is 20.9 Å². The van der Waals surface area contributed by atoms with E-state index >= 15 is 0 Å². The van der Waals surface area contributed by atoms with Crippen molar-refractivity contribution in [2.24, 2.45) is 0 Å². The van der Waals surface area contributed by atoms with Crippen molar-refractivity contribution in [3.05, 3.63) is 22.7 Å². The zero-order chi connectivity index (χ0) is 13.3. The van der Waals surface area contributed by atoms with Gasteiger partial charge in [-0.15, -0.1) is 0 Å². The lowest BCUT2D eigenvalue weighted by molar-refractivity contribution is -0.135. The van der Waals surface area contributed by atoms with Crippen LogP contribution in [0.15, 0.2) is 22.7 Å². The quantitative estimate of drug-likeness (QED) is 0.936. The van der Waals surface area contributed by atoms with E-state index in [9.17, 15) is 13.2 Å². The fraction of sp³-hybridized carbons (Fsp3) is 0.364. The first-order valence-electron chi connectivity index (χ1n) is 5.35. The number of nitrogens with zero attached hydrogens (tertiary/aromatic N) is 2. The normalized spacial score (nSPS) is 12.2. The summed E-state index contributed by atoms with van der Waals surface area (Å²) in [6, 6.07) is 5.38. The summed E-state index contributed by atoms with van der Waals surface area (Å²) < 4.78 is 38.7. The Morgan fingerprint density at radius 2 is 2.06 bits per heavy atom. The van der Waals surface area contributed by atoms with Crippen LogP contribution in [0.2, 0.25) is 0 Å². The van der Waals surface area contributed by atoms with E-state index in [4.69, 9.17) is 5.73 Å². The van der Waals surface area contributed by atoms with Gasteiger partial charge in [0.2, 0.25) is 5.95 Å². The number of imidazole rings is 1. The molecule has 0 amide bonds. The van der Waals surface area contributed by atoms with Crippen molar-refractivity contribution >= 4 is 32.9 Å². The standard InChI is InChI=1S/C11H11BrF3N3/c12-7-2-3-9-8(6-7)17-10(16)18(9)5-1-4-11(13,14)15/h2-3,6H,1,4-5H2,(H2,16,17). The van der Waals surface area contributed by atoms with E-state index in [0.717, 1.165) is 9.99 Å². The second-order valence-electron chi connectivity index (χ2n) is 3.97. The number of benzene rings is 1. The Bertz CT molecular complexity index is 562. The summed E-state index contributed by atoms with van der Waals surface area (Å²) in [5.41, 5.74) is 7.13. The second kappa shape index (κ2) is 4.79. The highest BCUT2D eigenvalue weighted by atomic mass is 79.9. The maximum Gasteiger partial charge on any atom is 0.389 e. The molecule has 18 heavy (non-hydrogen) atoms. The van der Waals surface area contributed by atoms with Crippen LogP contribution in [0.25, 0.3) is 11.0 Å². The van der Waals surface area contributed by atoms with Crippen molar-refractivity contribution in [3.8, 4) is 0 Å². The molecular weight excluding hydrogens is 311 g/mol. The highest BCUT2D eigenvalue weighted by Gasteiger charge is 2.26. The molecule has 1 aromatic carbocycles. The smallest absolute Gasteiger partial charge is 0.369 e. The van der Waals surface area contributed by atoms with Crippen LogP contribution >= 0.6 is 15.9 Å². The number of anilines is 1. The van der Waals surface area contributed by atoms with Gasteiger partial charge in [-0.2, -0.15) is 13.2 Å². The molecule has 1 aromatic heterocycles. The molecule has 0 fully saturated rings. The summed E-state index contributed by atoms with van der Waals surface area (Å²) in [5.74, 6) is 0.241. The number of aromatic nitrogens is 2. The monoisotopic (exact) mass is 321 g/mol. The molecule has 0 bridgehead atoms. The van der Waals surface area contributed by atoms with Crippen molar-refractivity contribution < 1.29 is 13.2 Å². The van der Waals surface area contributed by atoms with Crippen molar-refractivity contribution in [1.82, 2.24) is 9.55 Å². The van der Waals surface area contributed by atoms with Gasteiger partial charge in [0.15, 0.2) is 0 Å². The Morgan fingerprint density at radius 1 is 1.33 bits per heavy atom. The molecule has 1 heterocycles. The largest absolute Gasteiger partial charge is 0.389 e. The maximum absolute atomic E-state index is 12.1. The van der Waals surface area contributed by atoms with Crippen molar-refractivity contribution in [2.75, 3.05) is 5.73 Å². The van der Waals surface area contributed by atoms with Crippen molar-refractivity contribution in [1.29, 1.82) is 0 Å². The molecule has 2 aromatic rings. The van der Waals surface area contributed by atoms with Gasteiger partial charge in [0, 0.05) is 17.4 Å². The molecule has 2 N–H and O–H groups in total. The first-order valence-corrected chi connectivity index (χ1v) is 6.14. The number of hydrogen-bond donors (Lipinski definition) is 1. The van der Waals surface area contributed by atoms with Crippen molar-refractivity contribution in [2.45, 2.75) is 25.6 Å². The number of aryl methyl sites for hydroxylation is 1. The third-order valence-corrected chi connectivity index (χ3v) is 3.08. The third-order valence-electron chi connectivity index (χ3n) is 2.58. The molecule has 0 spiro atoms. The molecule has 0 radical (unpaired) electrons. The van der Waals surface area contributed by atoms with E-state index in [0.29, 0.717) is 5.52 Å². The summed E-state index contributed by atoms with van der Waals surface area (Å²) in [5, 5.41) is 0. The minimum Gasteiger partial charge on any atom is -0.369 e. The fourth-order valence-corrected chi connectivity index (χ4v) is 2.14. The summed E-state index contributed by atoms with van der Waals surface area (Å²) in [6.07, 6.45) is -4.95. The van der Waals surface area contributed by atoms with Crippen LogP contribution in [0.1, 0.15) is 12.8 Å². The van der Waals surface area contributed by atoms with Crippen LogP contribution in [0.5, 0.6) is 0 Å². The van der Waals surface area contributed by atoms with Gasteiger partial charge in [-0.05, 0) is 24.6 Å². The molecule has 3 nitrogen and oxygen atoms in total. The number of hydrogen-bond acceptors (Lipinski definition) is 2. The molecule has 0 unspecified atom stereocenters. The molecule has 0 atom stereocenters. The Morgan fingerprint density at radius 3 is 2.72 bits per heavy atom.